The van der Waals surface area contributed by atoms with Crippen LogP contribution in [0.25, 0.3) is 0 Å². The summed E-state index contributed by atoms with van der Waals surface area (Å²) in [7, 11) is 1.31. The number of methoxy groups -OCH3 is 1. The molecule has 100 valence electrons. The summed E-state index contributed by atoms with van der Waals surface area (Å²) in [5, 5.41) is 13.0. The number of hydrogen-bond donors (Lipinski definition) is 2. The van der Waals surface area contributed by atoms with Crippen molar-refractivity contribution in [3.05, 3.63) is 23.3 Å². The highest BCUT2D eigenvalue weighted by Crippen LogP contribution is 2.34. The van der Waals surface area contributed by atoms with Crippen LogP contribution in [0.15, 0.2) is 6.07 Å². The van der Waals surface area contributed by atoms with Crippen LogP contribution in [0.4, 0.5) is 8.78 Å². The molecule has 4 nitrogen and oxygen atoms in total. The van der Waals surface area contributed by atoms with Crippen molar-refractivity contribution < 1.29 is 18.6 Å². The van der Waals surface area contributed by atoms with Crippen molar-refractivity contribution in [2.75, 3.05) is 33.3 Å². The van der Waals surface area contributed by atoms with Gasteiger partial charge in [-0.2, -0.15) is 0 Å². The van der Waals surface area contributed by atoms with Crippen LogP contribution in [0.1, 0.15) is 5.56 Å². The van der Waals surface area contributed by atoms with E-state index < -0.39 is 11.6 Å². The zero-order valence-electron chi connectivity index (χ0n) is 10.2. The Hall–Kier alpha value is -1.40. The molecule has 0 amide bonds. The summed E-state index contributed by atoms with van der Waals surface area (Å²) in [5.74, 6) is -2.38. The fraction of sp³-hybridized carbons (Fsp3) is 0.500. The second-order valence-electron chi connectivity index (χ2n) is 4.23. The summed E-state index contributed by atoms with van der Waals surface area (Å²) in [6.45, 7) is 3.24. The van der Waals surface area contributed by atoms with Crippen LogP contribution in [-0.2, 0) is 6.54 Å². The Kier molecular flexibility index (Phi) is 3.98. The van der Waals surface area contributed by atoms with Crippen LogP contribution in [0, 0.1) is 11.6 Å². The molecule has 1 heterocycles. The standard InChI is InChI=1S/C12H16F2N2O2/c1-18-10-6-9(13)11(14)8(12(10)17)7-16-4-2-15-3-5-16/h6,15,17H,2-5,7H2,1H3. The number of nitrogens with zero attached hydrogens (tertiary/aromatic N) is 1. The largest absolute Gasteiger partial charge is 0.504 e. The number of phenols is 1. The molecule has 2 rings (SSSR count). The molecule has 1 saturated heterocycles. The Bertz CT molecular complexity index is 435. The molecule has 0 spiro atoms. The molecular formula is C12H16F2N2O2. The average molecular weight is 258 g/mol. The van der Waals surface area contributed by atoms with Crippen molar-refractivity contribution >= 4 is 0 Å². The SMILES string of the molecule is COc1cc(F)c(F)c(CN2CCNCC2)c1O. The average Bonchev–Trinajstić information content (AvgIpc) is 2.40. The molecule has 2 N–H and O–H groups in total. The maximum Gasteiger partial charge on any atom is 0.167 e. The molecular weight excluding hydrogens is 242 g/mol. The van der Waals surface area contributed by atoms with Gasteiger partial charge in [0, 0.05) is 38.8 Å². The zero-order chi connectivity index (χ0) is 13.1. The van der Waals surface area contributed by atoms with E-state index in [9.17, 15) is 13.9 Å². The molecule has 0 aromatic heterocycles. The van der Waals surface area contributed by atoms with E-state index in [4.69, 9.17) is 4.74 Å². The molecule has 0 bridgehead atoms. The summed E-state index contributed by atoms with van der Waals surface area (Å²) in [6, 6.07) is 0.853. The smallest absolute Gasteiger partial charge is 0.167 e. The molecule has 1 aliphatic heterocycles. The van der Waals surface area contributed by atoms with Gasteiger partial charge >= 0.3 is 0 Å². The number of halogens is 2. The number of nitrogens with one attached hydrogen (secondary N) is 1. The first-order valence-corrected chi connectivity index (χ1v) is 5.80. The zero-order valence-corrected chi connectivity index (χ0v) is 10.2. The van der Waals surface area contributed by atoms with Gasteiger partial charge in [-0.05, 0) is 0 Å². The van der Waals surface area contributed by atoms with Gasteiger partial charge in [0.2, 0.25) is 0 Å². The summed E-state index contributed by atoms with van der Waals surface area (Å²) >= 11 is 0. The van der Waals surface area contributed by atoms with Crippen LogP contribution >= 0.6 is 0 Å². The van der Waals surface area contributed by atoms with Crippen LogP contribution < -0.4 is 10.1 Å². The van der Waals surface area contributed by atoms with E-state index in [1.165, 1.54) is 7.11 Å². The first-order valence-electron chi connectivity index (χ1n) is 5.80. The second-order valence-corrected chi connectivity index (χ2v) is 4.23. The number of phenolic OH excluding ortho intramolecular Hbond substituents is 1. The van der Waals surface area contributed by atoms with E-state index in [1.54, 1.807) is 0 Å². The number of benzene rings is 1. The predicted molar refractivity (Wildman–Crippen MR) is 62.7 cm³/mol. The van der Waals surface area contributed by atoms with Gasteiger partial charge in [-0.15, -0.1) is 0 Å². The Labute approximate surface area is 104 Å². The summed E-state index contributed by atoms with van der Waals surface area (Å²) in [5.41, 5.74) is -0.0475. The Balaban J connectivity index is 2.27. The van der Waals surface area contributed by atoms with E-state index in [2.05, 4.69) is 5.32 Å². The number of aromatic hydroxyl groups is 1. The van der Waals surface area contributed by atoms with Crippen molar-refractivity contribution in [3.63, 3.8) is 0 Å². The third-order valence-corrected chi connectivity index (χ3v) is 3.06. The van der Waals surface area contributed by atoms with Gasteiger partial charge in [0.15, 0.2) is 23.1 Å². The molecule has 0 saturated carbocycles. The number of hydrogen-bond acceptors (Lipinski definition) is 4. The number of piperazine rings is 1. The number of rotatable bonds is 3. The van der Waals surface area contributed by atoms with E-state index in [0.717, 1.165) is 32.2 Å². The second kappa shape index (κ2) is 5.49. The monoisotopic (exact) mass is 258 g/mol. The predicted octanol–water partition coefficient (Wildman–Crippen LogP) is 1.08. The van der Waals surface area contributed by atoms with Crippen molar-refractivity contribution in [1.29, 1.82) is 0 Å². The highest BCUT2D eigenvalue weighted by Gasteiger charge is 2.21. The van der Waals surface area contributed by atoms with Crippen LogP contribution in [0.2, 0.25) is 0 Å². The molecule has 0 aliphatic carbocycles. The minimum Gasteiger partial charge on any atom is -0.504 e. The van der Waals surface area contributed by atoms with Crippen molar-refractivity contribution in [2.24, 2.45) is 0 Å². The quantitative estimate of drug-likeness (QED) is 0.851. The van der Waals surface area contributed by atoms with Crippen molar-refractivity contribution in [2.45, 2.75) is 6.54 Å². The van der Waals surface area contributed by atoms with Crippen LogP contribution in [0.5, 0.6) is 11.5 Å². The van der Waals surface area contributed by atoms with Gasteiger partial charge in [-0.25, -0.2) is 8.78 Å². The molecule has 1 fully saturated rings. The topological polar surface area (TPSA) is 44.7 Å². The highest BCUT2D eigenvalue weighted by molar-refractivity contribution is 5.46. The molecule has 0 atom stereocenters. The molecule has 6 heteroatoms. The Morgan fingerprint density at radius 2 is 2.06 bits per heavy atom. The number of ether oxygens (including phenoxy) is 1. The lowest BCUT2D eigenvalue weighted by molar-refractivity contribution is 0.225. The summed E-state index contributed by atoms with van der Waals surface area (Å²) in [6.07, 6.45) is 0. The molecule has 1 aliphatic rings. The van der Waals surface area contributed by atoms with Gasteiger partial charge in [-0.1, -0.05) is 0 Å². The summed E-state index contributed by atoms with van der Waals surface area (Å²) in [4.78, 5) is 1.95. The molecule has 18 heavy (non-hydrogen) atoms. The molecule has 0 unspecified atom stereocenters. The van der Waals surface area contributed by atoms with Gasteiger partial charge in [0.1, 0.15) is 0 Å². The van der Waals surface area contributed by atoms with E-state index in [0.29, 0.717) is 0 Å². The van der Waals surface area contributed by atoms with Gasteiger partial charge in [0.25, 0.3) is 0 Å². The third kappa shape index (κ3) is 2.54. The van der Waals surface area contributed by atoms with Crippen LogP contribution in [0.3, 0.4) is 0 Å². The summed E-state index contributed by atoms with van der Waals surface area (Å²) < 4.78 is 31.9. The fourth-order valence-electron chi connectivity index (χ4n) is 2.04. The van der Waals surface area contributed by atoms with E-state index >= 15 is 0 Å². The maximum atomic E-state index is 13.7. The van der Waals surface area contributed by atoms with E-state index in [1.807, 2.05) is 4.90 Å². The lowest BCUT2D eigenvalue weighted by Gasteiger charge is -2.27. The minimum atomic E-state index is -1.01. The first-order chi connectivity index (χ1) is 8.63. The normalized spacial score (nSPS) is 16.8. The maximum absolute atomic E-state index is 13.7. The molecule has 1 aromatic rings. The highest BCUT2D eigenvalue weighted by atomic mass is 19.2. The lowest BCUT2D eigenvalue weighted by atomic mass is 10.1. The van der Waals surface area contributed by atoms with Crippen molar-refractivity contribution in [1.82, 2.24) is 10.2 Å². The van der Waals surface area contributed by atoms with Gasteiger partial charge in [0.05, 0.1) is 12.7 Å². The fourth-order valence-corrected chi connectivity index (χ4v) is 2.04. The van der Waals surface area contributed by atoms with Gasteiger partial charge in [-0.3, -0.25) is 4.90 Å². The lowest BCUT2D eigenvalue weighted by Crippen LogP contribution is -2.43. The van der Waals surface area contributed by atoms with Crippen LogP contribution in [-0.4, -0.2) is 43.3 Å². The third-order valence-electron chi connectivity index (χ3n) is 3.06. The molecule has 0 radical (unpaired) electrons. The van der Waals surface area contributed by atoms with E-state index in [-0.39, 0.29) is 23.6 Å². The Morgan fingerprint density at radius 1 is 1.39 bits per heavy atom. The first kappa shape index (κ1) is 13.0. The van der Waals surface area contributed by atoms with Crippen molar-refractivity contribution in [3.8, 4) is 11.5 Å². The van der Waals surface area contributed by atoms with Gasteiger partial charge < -0.3 is 15.2 Å². The Morgan fingerprint density at radius 3 is 2.67 bits per heavy atom. The molecule has 1 aromatic carbocycles. The minimum absolute atomic E-state index is 0.0426.